The zero-order chi connectivity index (χ0) is 15.8. The summed E-state index contributed by atoms with van der Waals surface area (Å²) in [6.07, 6.45) is 6.37. The van der Waals surface area contributed by atoms with Gasteiger partial charge in [0.15, 0.2) is 5.82 Å². The van der Waals surface area contributed by atoms with E-state index in [-0.39, 0.29) is 0 Å². The van der Waals surface area contributed by atoms with Crippen molar-refractivity contribution in [2.75, 3.05) is 25.0 Å². The molecule has 0 atom stereocenters. The molecule has 0 N–H and O–H groups in total. The fourth-order valence-corrected chi connectivity index (χ4v) is 2.94. The van der Waals surface area contributed by atoms with Crippen LogP contribution in [-0.2, 0) is 6.54 Å². The van der Waals surface area contributed by atoms with Crippen LogP contribution in [0.25, 0.3) is 0 Å². The van der Waals surface area contributed by atoms with E-state index >= 15 is 0 Å². The van der Waals surface area contributed by atoms with Crippen LogP contribution in [0.4, 0.5) is 5.82 Å². The lowest BCUT2D eigenvalue weighted by molar-refractivity contribution is 0.196. The van der Waals surface area contributed by atoms with Crippen molar-refractivity contribution in [2.45, 2.75) is 38.3 Å². The molecule has 2 aromatic heterocycles. The van der Waals surface area contributed by atoms with Crippen LogP contribution in [0.2, 0.25) is 0 Å². The first-order valence-corrected chi connectivity index (χ1v) is 8.25. The van der Waals surface area contributed by atoms with E-state index in [1.54, 1.807) is 0 Å². The van der Waals surface area contributed by atoms with Crippen LogP contribution in [0.5, 0.6) is 0 Å². The van der Waals surface area contributed by atoms with Gasteiger partial charge in [-0.3, -0.25) is 4.90 Å². The quantitative estimate of drug-likeness (QED) is 0.839. The van der Waals surface area contributed by atoms with Crippen molar-refractivity contribution in [3.05, 3.63) is 41.6 Å². The number of aromatic nitrogens is 4. The standard InChI is InChI=1S/C17H22N6/c1-12-18-7-13(8-19-12)9-22(2)15-10-23(11-15)17-6-5-16(20-21-17)14-3-4-14/h5-8,14-15H,3-4,9-11H2,1-2H3. The summed E-state index contributed by atoms with van der Waals surface area (Å²) in [5.41, 5.74) is 2.31. The molecule has 1 aliphatic carbocycles. The van der Waals surface area contributed by atoms with Crippen LogP contribution in [-0.4, -0.2) is 51.2 Å². The summed E-state index contributed by atoms with van der Waals surface area (Å²) < 4.78 is 0. The summed E-state index contributed by atoms with van der Waals surface area (Å²) in [6.45, 7) is 4.79. The highest BCUT2D eigenvalue weighted by molar-refractivity contribution is 5.42. The first-order valence-electron chi connectivity index (χ1n) is 8.25. The lowest BCUT2D eigenvalue weighted by atomic mass is 10.1. The lowest BCUT2D eigenvalue weighted by Crippen LogP contribution is -2.58. The summed E-state index contributed by atoms with van der Waals surface area (Å²) in [5, 5.41) is 8.75. The summed E-state index contributed by atoms with van der Waals surface area (Å²) in [7, 11) is 2.16. The highest BCUT2D eigenvalue weighted by atomic mass is 15.4. The molecule has 2 fully saturated rings. The molecule has 1 saturated carbocycles. The van der Waals surface area contributed by atoms with Crippen LogP contribution in [0.1, 0.15) is 35.8 Å². The van der Waals surface area contributed by atoms with Crippen molar-refractivity contribution < 1.29 is 0 Å². The minimum absolute atomic E-state index is 0.543. The van der Waals surface area contributed by atoms with Crippen molar-refractivity contribution >= 4 is 5.82 Å². The van der Waals surface area contributed by atoms with E-state index < -0.39 is 0 Å². The topological polar surface area (TPSA) is 58.0 Å². The Hall–Kier alpha value is -2.08. The predicted molar refractivity (Wildman–Crippen MR) is 88.2 cm³/mol. The molecule has 1 saturated heterocycles. The number of aryl methyl sites for hydroxylation is 1. The van der Waals surface area contributed by atoms with Gasteiger partial charge in [0.25, 0.3) is 0 Å². The first-order chi connectivity index (χ1) is 11.2. The third-order valence-corrected chi connectivity index (χ3v) is 4.74. The highest BCUT2D eigenvalue weighted by Gasteiger charge is 2.32. The van der Waals surface area contributed by atoms with E-state index in [2.05, 4.69) is 49.1 Å². The molecule has 3 heterocycles. The van der Waals surface area contributed by atoms with Gasteiger partial charge in [0, 0.05) is 49.6 Å². The van der Waals surface area contributed by atoms with Crippen molar-refractivity contribution in [1.29, 1.82) is 0 Å². The number of rotatable bonds is 5. The zero-order valence-corrected chi connectivity index (χ0v) is 13.7. The van der Waals surface area contributed by atoms with Crippen molar-refractivity contribution in [2.24, 2.45) is 0 Å². The first kappa shape index (κ1) is 14.5. The van der Waals surface area contributed by atoms with Crippen LogP contribution in [0, 0.1) is 6.92 Å². The largest absolute Gasteiger partial charge is 0.352 e. The molecule has 4 rings (SSSR count). The van der Waals surface area contributed by atoms with Crippen molar-refractivity contribution in [3.8, 4) is 0 Å². The van der Waals surface area contributed by atoms with Crippen LogP contribution in [0.3, 0.4) is 0 Å². The van der Waals surface area contributed by atoms with Gasteiger partial charge in [-0.15, -0.1) is 5.10 Å². The Kier molecular flexibility index (Phi) is 3.69. The molecule has 0 bridgehead atoms. The molecule has 0 unspecified atom stereocenters. The molecule has 1 aliphatic heterocycles. The molecule has 6 nitrogen and oxygen atoms in total. The molecular weight excluding hydrogens is 288 g/mol. The summed E-state index contributed by atoms with van der Waals surface area (Å²) >= 11 is 0. The Morgan fingerprint density at radius 1 is 1.13 bits per heavy atom. The third-order valence-electron chi connectivity index (χ3n) is 4.74. The average Bonchev–Trinajstić information content (AvgIpc) is 3.34. The summed E-state index contributed by atoms with van der Waals surface area (Å²) in [5.74, 6) is 2.49. The van der Waals surface area contributed by atoms with Gasteiger partial charge in [0.05, 0.1) is 5.69 Å². The molecule has 23 heavy (non-hydrogen) atoms. The Morgan fingerprint density at radius 3 is 2.48 bits per heavy atom. The van der Waals surface area contributed by atoms with Crippen LogP contribution < -0.4 is 4.90 Å². The van der Waals surface area contributed by atoms with Gasteiger partial charge in [-0.25, -0.2) is 9.97 Å². The number of likely N-dealkylation sites (N-methyl/N-ethyl adjacent to an activating group) is 1. The van der Waals surface area contributed by atoms with Crippen molar-refractivity contribution in [3.63, 3.8) is 0 Å². The van der Waals surface area contributed by atoms with Crippen LogP contribution >= 0.6 is 0 Å². The van der Waals surface area contributed by atoms with Gasteiger partial charge in [-0.2, -0.15) is 5.10 Å². The number of anilines is 1. The van der Waals surface area contributed by atoms with Crippen molar-refractivity contribution in [1.82, 2.24) is 25.1 Å². The molecule has 2 aliphatic rings. The second-order valence-electron chi connectivity index (χ2n) is 6.70. The van der Waals surface area contributed by atoms with E-state index in [1.807, 2.05) is 19.3 Å². The molecule has 0 aromatic carbocycles. The maximum absolute atomic E-state index is 4.39. The minimum Gasteiger partial charge on any atom is -0.352 e. The summed E-state index contributed by atoms with van der Waals surface area (Å²) in [6, 6.07) is 4.80. The monoisotopic (exact) mass is 310 g/mol. The van der Waals surface area contributed by atoms with Gasteiger partial charge in [0.2, 0.25) is 0 Å². The van der Waals surface area contributed by atoms with Gasteiger partial charge >= 0.3 is 0 Å². The molecular formula is C17H22N6. The molecule has 0 amide bonds. The SMILES string of the molecule is Cc1ncc(CN(C)C2CN(c3ccc(C4CC4)nn3)C2)cn1. The maximum atomic E-state index is 4.39. The Balaban J connectivity index is 1.30. The normalized spacial score (nSPS) is 18.3. The highest BCUT2D eigenvalue weighted by Crippen LogP contribution is 2.38. The smallest absolute Gasteiger partial charge is 0.151 e. The second kappa shape index (κ2) is 5.85. The van der Waals surface area contributed by atoms with E-state index in [0.29, 0.717) is 12.0 Å². The Morgan fingerprint density at radius 2 is 1.87 bits per heavy atom. The fourth-order valence-electron chi connectivity index (χ4n) is 2.94. The Labute approximate surface area is 136 Å². The molecule has 2 aromatic rings. The molecule has 6 heteroatoms. The number of hydrogen-bond donors (Lipinski definition) is 0. The lowest BCUT2D eigenvalue weighted by Gasteiger charge is -2.44. The van der Waals surface area contributed by atoms with Gasteiger partial charge < -0.3 is 4.90 Å². The second-order valence-corrected chi connectivity index (χ2v) is 6.70. The Bertz CT molecular complexity index is 658. The van der Waals surface area contributed by atoms with E-state index in [1.165, 1.54) is 12.8 Å². The van der Waals surface area contributed by atoms with Gasteiger partial charge in [-0.1, -0.05) is 0 Å². The summed E-state index contributed by atoms with van der Waals surface area (Å²) in [4.78, 5) is 13.2. The minimum atomic E-state index is 0.543. The molecule has 0 spiro atoms. The third kappa shape index (κ3) is 3.17. The zero-order valence-electron chi connectivity index (χ0n) is 13.7. The van der Waals surface area contributed by atoms with E-state index in [4.69, 9.17) is 0 Å². The fraction of sp³-hybridized carbons (Fsp3) is 0.529. The van der Waals surface area contributed by atoms with Gasteiger partial charge in [0.1, 0.15) is 5.82 Å². The van der Waals surface area contributed by atoms with E-state index in [9.17, 15) is 0 Å². The number of hydrogen-bond acceptors (Lipinski definition) is 6. The molecule has 0 radical (unpaired) electrons. The predicted octanol–water partition coefficient (Wildman–Crippen LogP) is 1.77. The van der Waals surface area contributed by atoms with E-state index in [0.717, 1.165) is 42.5 Å². The maximum Gasteiger partial charge on any atom is 0.151 e. The average molecular weight is 310 g/mol. The number of nitrogens with zero attached hydrogens (tertiary/aromatic N) is 6. The molecule has 120 valence electrons. The van der Waals surface area contributed by atoms with Gasteiger partial charge in [-0.05, 0) is 38.9 Å². The van der Waals surface area contributed by atoms with Crippen LogP contribution in [0.15, 0.2) is 24.5 Å².